The summed E-state index contributed by atoms with van der Waals surface area (Å²) in [5, 5.41) is 37.9. The third kappa shape index (κ3) is 5.11. The molecule has 35 heavy (non-hydrogen) atoms. The summed E-state index contributed by atoms with van der Waals surface area (Å²) in [7, 11) is 0. The molecule has 1 atom stereocenters. The van der Waals surface area contributed by atoms with E-state index in [-0.39, 0.29) is 27.8 Å². The molecule has 0 aliphatic heterocycles. The van der Waals surface area contributed by atoms with Gasteiger partial charge in [-0.2, -0.15) is 5.26 Å². The summed E-state index contributed by atoms with van der Waals surface area (Å²) >= 11 is 0. The van der Waals surface area contributed by atoms with Crippen LogP contribution in [-0.2, 0) is 0 Å². The zero-order valence-electron chi connectivity index (χ0n) is 18.9. The van der Waals surface area contributed by atoms with E-state index in [9.17, 15) is 24.8 Å². The highest BCUT2D eigenvalue weighted by atomic mass is 16.4. The van der Waals surface area contributed by atoms with Gasteiger partial charge in [-0.3, -0.25) is 4.79 Å². The van der Waals surface area contributed by atoms with Crippen LogP contribution in [0, 0.1) is 18.3 Å². The Morgan fingerprint density at radius 3 is 2.06 bits per heavy atom. The molecular weight excluding hydrogens is 448 g/mol. The Bertz CT molecular complexity index is 1510. The molecule has 4 N–H and O–H groups in total. The second kappa shape index (κ2) is 10.5. The third-order valence-electron chi connectivity index (χ3n) is 5.50. The van der Waals surface area contributed by atoms with Gasteiger partial charge < -0.3 is 20.3 Å². The van der Waals surface area contributed by atoms with Gasteiger partial charge in [-0.25, -0.2) is 9.59 Å². The van der Waals surface area contributed by atoms with Crippen LogP contribution >= 0.6 is 0 Å². The molecule has 0 radical (unpaired) electrons. The number of aromatic carboxylic acids is 2. The molecule has 1 heterocycles. The average Bonchev–Trinajstić information content (AvgIpc) is 2.84. The largest absolute Gasteiger partial charge is 0.478 e. The molecule has 8 heteroatoms. The molecule has 3 aromatic carbocycles. The lowest BCUT2D eigenvalue weighted by molar-refractivity contribution is 0.0689. The standard InChI is InChI=1S/C16H10N2O.C11H12O5/c17-10-14-15(11-6-2-1-3-7-11)12-8-4-5-9-13(12)16(19)18-14;1-5-7(10(13)14)3-4-8(6(2)12)9(5)11(15)16/h1-9H,(H,18,19);3-4,6,12H,1-2H3,(H,13,14)(H,15,16). The minimum atomic E-state index is -1.24. The fraction of sp³-hybridized carbons (Fsp3) is 0.111. The number of rotatable bonds is 4. The SMILES string of the molecule is Cc1c(C(=O)O)ccc(C(C)O)c1C(=O)O.N#Cc1[nH]c(=O)c2ccccc2c1-c1ccccc1. The van der Waals surface area contributed by atoms with Gasteiger partial charge in [0.05, 0.1) is 17.2 Å². The summed E-state index contributed by atoms with van der Waals surface area (Å²) in [5.41, 5.74) is 1.93. The molecule has 1 unspecified atom stereocenters. The molecule has 8 nitrogen and oxygen atoms in total. The van der Waals surface area contributed by atoms with E-state index in [0.717, 1.165) is 16.5 Å². The first kappa shape index (κ1) is 24.9. The molecule has 0 bridgehead atoms. The molecule has 4 rings (SSSR count). The fourth-order valence-electron chi connectivity index (χ4n) is 3.86. The summed E-state index contributed by atoms with van der Waals surface area (Å²) in [4.78, 5) is 36.4. The number of aromatic nitrogens is 1. The minimum Gasteiger partial charge on any atom is -0.478 e. The molecule has 0 amide bonds. The molecule has 0 aliphatic rings. The minimum absolute atomic E-state index is 0.0678. The van der Waals surface area contributed by atoms with E-state index in [1.54, 1.807) is 6.07 Å². The van der Waals surface area contributed by atoms with Crippen molar-refractivity contribution in [2.45, 2.75) is 20.0 Å². The Balaban J connectivity index is 0.000000199. The highest BCUT2D eigenvalue weighted by Gasteiger charge is 2.21. The van der Waals surface area contributed by atoms with Crippen LogP contribution in [0.4, 0.5) is 0 Å². The van der Waals surface area contributed by atoms with Crippen LogP contribution in [0.15, 0.2) is 71.5 Å². The van der Waals surface area contributed by atoms with Gasteiger partial charge in [-0.05, 0) is 48.1 Å². The van der Waals surface area contributed by atoms with E-state index < -0.39 is 18.0 Å². The Hall–Kier alpha value is -4.74. The number of H-pyrrole nitrogens is 1. The zero-order valence-corrected chi connectivity index (χ0v) is 18.9. The summed E-state index contributed by atoms with van der Waals surface area (Å²) < 4.78 is 0. The number of hydrogen-bond donors (Lipinski definition) is 4. The van der Waals surface area contributed by atoms with Crippen molar-refractivity contribution in [1.82, 2.24) is 4.98 Å². The predicted octanol–water partition coefficient (Wildman–Crippen LogP) is 4.51. The molecule has 0 saturated carbocycles. The van der Waals surface area contributed by atoms with Crippen molar-refractivity contribution >= 4 is 22.7 Å². The lowest BCUT2D eigenvalue weighted by Crippen LogP contribution is -2.12. The van der Waals surface area contributed by atoms with Crippen LogP contribution in [0.5, 0.6) is 0 Å². The second-order valence-electron chi connectivity index (χ2n) is 7.72. The van der Waals surface area contributed by atoms with Crippen LogP contribution < -0.4 is 5.56 Å². The number of aliphatic hydroxyl groups is 1. The van der Waals surface area contributed by atoms with Gasteiger partial charge in [0.2, 0.25) is 0 Å². The summed E-state index contributed by atoms with van der Waals surface area (Å²) in [5.74, 6) is -2.42. The van der Waals surface area contributed by atoms with Crippen molar-refractivity contribution in [3.63, 3.8) is 0 Å². The number of carboxylic acid groups (broad SMARTS) is 2. The first-order chi connectivity index (χ1) is 16.7. The maximum Gasteiger partial charge on any atom is 0.336 e. The quantitative estimate of drug-likeness (QED) is 0.342. The van der Waals surface area contributed by atoms with Gasteiger partial charge >= 0.3 is 11.9 Å². The molecule has 0 saturated heterocycles. The fourth-order valence-corrected chi connectivity index (χ4v) is 3.86. The smallest absolute Gasteiger partial charge is 0.336 e. The number of nitriles is 1. The first-order valence-corrected chi connectivity index (χ1v) is 10.6. The highest BCUT2D eigenvalue weighted by Crippen LogP contribution is 2.29. The number of fused-ring (bicyclic) bond motifs is 1. The van der Waals surface area contributed by atoms with E-state index in [0.29, 0.717) is 11.1 Å². The highest BCUT2D eigenvalue weighted by molar-refractivity contribution is 5.98. The van der Waals surface area contributed by atoms with E-state index in [4.69, 9.17) is 10.2 Å². The molecule has 0 spiro atoms. The number of carboxylic acids is 2. The van der Waals surface area contributed by atoms with Crippen molar-refractivity contribution in [2.24, 2.45) is 0 Å². The molecule has 0 aliphatic carbocycles. The number of carbonyl (C=O) groups is 2. The second-order valence-corrected chi connectivity index (χ2v) is 7.72. The summed E-state index contributed by atoms with van der Waals surface area (Å²) in [6, 6.07) is 21.6. The lowest BCUT2D eigenvalue weighted by Gasteiger charge is -2.13. The monoisotopic (exact) mass is 470 g/mol. The van der Waals surface area contributed by atoms with E-state index in [1.165, 1.54) is 26.0 Å². The van der Waals surface area contributed by atoms with Crippen molar-refractivity contribution in [3.8, 4) is 17.2 Å². The van der Waals surface area contributed by atoms with Gasteiger partial charge in [0.15, 0.2) is 0 Å². The van der Waals surface area contributed by atoms with Crippen LogP contribution in [0.3, 0.4) is 0 Å². The van der Waals surface area contributed by atoms with Gasteiger partial charge in [-0.1, -0.05) is 54.6 Å². The molecule has 1 aromatic heterocycles. The zero-order chi connectivity index (χ0) is 25.7. The Labute approximate surface area is 200 Å². The molecular formula is C27H22N2O6. The van der Waals surface area contributed by atoms with Crippen LogP contribution in [-0.4, -0.2) is 32.2 Å². The Kier molecular flexibility index (Phi) is 7.44. The first-order valence-electron chi connectivity index (χ1n) is 10.6. The van der Waals surface area contributed by atoms with Gasteiger partial charge in [0, 0.05) is 10.9 Å². The van der Waals surface area contributed by atoms with Gasteiger partial charge in [-0.15, -0.1) is 0 Å². The van der Waals surface area contributed by atoms with Gasteiger partial charge in [0.1, 0.15) is 11.8 Å². The Morgan fingerprint density at radius 1 is 0.914 bits per heavy atom. The maximum absolute atomic E-state index is 11.9. The molecule has 176 valence electrons. The number of pyridine rings is 1. The predicted molar refractivity (Wildman–Crippen MR) is 130 cm³/mol. The third-order valence-corrected chi connectivity index (χ3v) is 5.50. The van der Waals surface area contributed by atoms with Crippen molar-refractivity contribution in [3.05, 3.63) is 105 Å². The van der Waals surface area contributed by atoms with Crippen molar-refractivity contribution in [1.29, 1.82) is 5.26 Å². The van der Waals surface area contributed by atoms with E-state index >= 15 is 0 Å². The average molecular weight is 470 g/mol. The van der Waals surface area contributed by atoms with Crippen LogP contribution in [0.2, 0.25) is 0 Å². The summed E-state index contributed by atoms with van der Waals surface area (Å²) in [6.45, 7) is 2.85. The lowest BCUT2D eigenvalue weighted by atomic mass is 9.94. The number of aliphatic hydroxyl groups excluding tert-OH is 1. The summed E-state index contributed by atoms with van der Waals surface area (Å²) in [6.07, 6.45) is -0.951. The number of nitrogens with zero attached hydrogens (tertiary/aromatic N) is 1. The van der Waals surface area contributed by atoms with Gasteiger partial charge in [0.25, 0.3) is 5.56 Å². The topological polar surface area (TPSA) is 151 Å². The molecule has 0 fully saturated rings. The Morgan fingerprint density at radius 2 is 1.51 bits per heavy atom. The normalized spacial score (nSPS) is 11.1. The van der Waals surface area contributed by atoms with Crippen LogP contribution in [0.25, 0.3) is 21.9 Å². The maximum atomic E-state index is 11.9. The number of nitrogens with one attached hydrogen (secondary N) is 1. The van der Waals surface area contributed by atoms with Crippen LogP contribution in [0.1, 0.15) is 50.6 Å². The number of benzene rings is 3. The molecule has 4 aromatic rings. The van der Waals surface area contributed by atoms with Crippen molar-refractivity contribution < 1.29 is 24.9 Å². The van der Waals surface area contributed by atoms with E-state index in [1.807, 2.05) is 48.5 Å². The number of hydrogen-bond acceptors (Lipinski definition) is 5. The number of aromatic amines is 1. The van der Waals surface area contributed by atoms with Crippen molar-refractivity contribution in [2.75, 3.05) is 0 Å². The van der Waals surface area contributed by atoms with E-state index in [2.05, 4.69) is 11.1 Å².